The van der Waals surface area contributed by atoms with Crippen LogP contribution in [0.4, 0.5) is 0 Å². The summed E-state index contributed by atoms with van der Waals surface area (Å²) >= 11 is 0. The molecular formula is C72H136O17P2. The van der Waals surface area contributed by atoms with Crippen LogP contribution >= 0.6 is 15.6 Å². The van der Waals surface area contributed by atoms with Crippen molar-refractivity contribution in [1.82, 2.24) is 0 Å². The number of aliphatic hydroxyl groups excluding tert-OH is 1. The maximum atomic E-state index is 13.0. The van der Waals surface area contributed by atoms with Gasteiger partial charge in [-0.15, -0.1) is 0 Å². The first kappa shape index (κ1) is 88.5. The van der Waals surface area contributed by atoms with Crippen molar-refractivity contribution in [3.05, 3.63) is 24.3 Å². The van der Waals surface area contributed by atoms with Crippen LogP contribution in [0.2, 0.25) is 0 Å². The number of phosphoric ester groups is 2. The second kappa shape index (κ2) is 64.9. The van der Waals surface area contributed by atoms with Gasteiger partial charge in [-0.2, -0.15) is 0 Å². The van der Waals surface area contributed by atoms with Gasteiger partial charge in [-0.25, -0.2) is 9.13 Å². The minimum absolute atomic E-state index is 0.101. The lowest BCUT2D eigenvalue weighted by atomic mass is 10.0. The largest absolute Gasteiger partial charge is 0.472 e. The van der Waals surface area contributed by atoms with Crippen molar-refractivity contribution in [3.8, 4) is 0 Å². The van der Waals surface area contributed by atoms with Crippen molar-refractivity contribution in [1.29, 1.82) is 0 Å². The van der Waals surface area contributed by atoms with Crippen LogP contribution in [-0.2, 0) is 65.4 Å². The first-order valence-corrected chi connectivity index (χ1v) is 39.9. The van der Waals surface area contributed by atoms with E-state index in [0.29, 0.717) is 31.6 Å². The quantitative estimate of drug-likeness (QED) is 0.0169. The highest BCUT2D eigenvalue weighted by Crippen LogP contribution is 2.45. The van der Waals surface area contributed by atoms with Crippen LogP contribution < -0.4 is 0 Å². The number of phosphoric acid groups is 2. The molecule has 0 heterocycles. The minimum Gasteiger partial charge on any atom is -0.462 e. The van der Waals surface area contributed by atoms with E-state index in [1.165, 1.54) is 148 Å². The maximum Gasteiger partial charge on any atom is 0.472 e. The predicted molar refractivity (Wildman–Crippen MR) is 368 cm³/mol. The van der Waals surface area contributed by atoms with Crippen molar-refractivity contribution >= 4 is 39.5 Å². The normalized spacial score (nSPS) is 14.2. The van der Waals surface area contributed by atoms with Gasteiger partial charge in [-0.1, -0.05) is 296 Å². The fourth-order valence-corrected chi connectivity index (χ4v) is 12.0. The molecule has 5 atom stereocenters. The number of ether oxygens (including phenoxy) is 4. The third kappa shape index (κ3) is 66.0. The summed E-state index contributed by atoms with van der Waals surface area (Å²) in [5.74, 6) is -1.46. The molecule has 0 aromatic heterocycles. The second-order valence-corrected chi connectivity index (χ2v) is 28.7. The lowest BCUT2D eigenvalue weighted by molar-refractivity contribution is -0.161. The number of aliphatic hydroxyl groups is 1. The third-order valence-corrected chi connectivity index (χ3v) is 18.1. The van der Waals surface area contributed by atoms with Crippen LogP contribution in [0.15, 0.2) is 24.3 Å². The molecule has 0 aliphatic rings. The number of carbonyl (C=O) groups excluding carboxylic acids is 4. The molecule has 0 fully saturated rings. The highest BCUT2D eigenvalue weighted by Gasteiger charge is 2.30. The first-order valence-electron chi connectivity index (χ1n) is 37.0. The number of allylic oxidation sites excluding steroid dienone is 4. The highest BCUT2D eigenvalue weighted by molar-refractivity contribution is 7.47. The van der Waals surface area contributed by atoms with Gasteiger partial charge < -0.3 is 33.8 Å². The molecule has 0 aromatic rings. The van der Waals surface area contributed by atoms with E-state index >= 15 is 0 Å². The predicted octanol–water partition coefficient (Wildman–Crippen LogP) is 20.5. The van der Waals surface area contributed by atoms with Crippen molar-refractivity contribution in [2.75, 3.05) is 39.6 Å². The Bertz CT molecular complexity index is 1850. The molecule has 0 aliphatic carbocycles. The van der Waals surface area contributed by atoms with Crippen LogP contribution in [0.25, 0.3) is 0 Å². The Morgan fingerprint density at radius 3 is 0.901 bits per heavy atom. The second-order valence-electron chi connectivity index (χ2n) is 25.8. The number of esters is 4. The monoisotopic (exact) mass is 1330 g/mol. The minimum atomic E-state index is -4.96. The molecule has 0 rings (SSSR count). The summed E-state index contributed by atoms with van der Waals surface area (Å²) in [6.45, 7) is 7.10. The molecule has 0 saturated heterocycles. The van der Waals surface area contributed by atoms with E-state index < -0.39 is 97.5 Å². The van der Waals surface area contributed by atoms with Crippen LogP contribution in [0.3, 0.4) is 0 Å². The molecule has 3 N–H and O–H groups in total. The zero-order valence-corrected chi connectivity index (χ0v) is 60.3. The number of hydrogen-bond acceptors (Lipinski definition) is 15. The van der Waals surface area contributed by atoms with Gasteiger partial charge in [0.15, 0.2) is 12.2 Å². The van der Waals surface area contributed by atoms with Gasteiger partial charge in [0.25, 0.3) is 0 Å². The van der Waals surface area contributed by atoms with Gasteiger partial charge in [0.05, 0.1) is 26.4 Å². The van der Waals surface area contributed by atoms with E-state index in [-0.39, 0.29) is 25.7 Å². The Balaban J connectivity index is 5.24. The topological polar surface area (TPSA) is 237 Å². The van der Waals surface area contributed by atoms with E-state index in [0.717, 1.165) is 116 Å². The lowest BCUT2D eigenvalue weighted by Gasteiger charge is -2.21. The van der Waals surface area contributed by atoms with Crippen LogP contribution in [0.1, 0.15) is 349 Å². The van der Waals surface area contributed by atoms with E-state index in [1.54, 1.807) is 0 Å². The number of carbonyl (C=O) groups is 4. The van der Waals surface area contributed by atoms with Crippen molar-refractivity contribution in [2.45, 2.75) is 368 Å². The molecule has 17 nitrogen and oxygen atoms in total. The van der Waals surface area contributed by atoms with E-state index in [9.17, 15) is 43.2 Å². The number of hydrogen-bond donors (Lipinski definition) is 3. The van der Waals surface area contributed by atoms with E-state index in [1.807, 2.05) is 0 Å². The van der Waals surface area contributed by atoms with Gasteiger partial charge in [0, 0.05) is 25.7 Å². The van der Waals surface area contributed by atoms with Crippen LogP contribution in [0.5, 0.6) is 0 Å². The van der Waals surface area contributed by atoms with Gasteiger partial charge in [-0.05, 0) is 57.3 Å². The molecular weight excluding hydrogens is 1200 g/mol. The summed E-state index contributed by atoms with van der Waals surface area (Å²) in [5, 5.41) is 10.6. The average molecular weight is 1340 g/mol. The molecule has 0 bridgehead atoms. The third-order valence-electron chi connectivity index (χ3n) is 16.2. The molecule has 0 saturated carbocycles. The SMILES string of the molecule is CCCCCC/C=C\C=C/CCCCCCCC(=O)OC[C@H](COP(=O)(O)OC[C@@H](O)COP(=O)(O)OC[C@@H](COC(=O)CCCCCCCCCC)OC(=O)CCCCCCCCCC(C)C)OC(=O)CCCCCCCCCCCCCCCCCCCC. The zero-order valence-electron chi connectivity index (χ0n) is 58.5. The van der Waals surface area contributed by atoms with E-state index in [2.05, 4.69) is 58.9 Å². The fourth-order valence-electron chi connectivity index (χ4n) is 10.5. The summed E-state index contributed by atoms with van der Waals surface area (Å²) in [7, 11) is -9.91. The molecule has 19 heteroatoms. The van der Waals surface area contributed by atoms with Gasteiger partial charge in [0.1, 0.15) is 19.3 Å². The standard InChI is InChI=1S/C72H136O17P2/c1-6-9-12-15-18-21-23-25-27-28-29-31-33-35-37-42-47-52-57-71(76)88-67(62-83-70(75)56-51-46-41-36-34-32-30-26-24-22-19-16-13-10-7-2)63-86-90(78,79)84-59-66(73)60-85-91(80,81)87-64-68(61-82-69(74)55-50-45-40-20-17-14-11-8-3)89-72(77)58-53-48-43-38-39-44-49-54-65(4)5/h22,24,26,30,65-68,73H,6-21,23,25,27-29,31-64H2,1-5H3,(H,78,79)(H,80,81)/b24-22-,30-26-/t66-,67-,68-/m1/s1. The fraction of sp³-hybridized carbons (Fsp3) is 0.889. The van der Waals surface area contributed by atoms with Gasteiger partial charge >= 0.3 is 39.5 Å². The van der Waals surface area contributed by atoms with Crippen LogP contribution in [0, 0.1) is 5.92 Å². The first-order chi connectivity index (χ1) is 44.0. The van der Waals surface area contributed by atoms with Crippen molar-refractivity contribution in [3.63, 3.8) is 0 Å². The molecule has 536 valence electrons. The molecule has 91 heavy (non-hydrogen) atoms. The van der Waals surface area contributed by atoms with Crippen molar-refractivity contribution in [2.24, 2.45) is 5.92 Å². The summed E-state index contributed by atoms with van der Waals surface area (Å²) in [5.41, 5.74) is 0. The Morgan fingerprint density at radius 2 is 0.593 bits per heavy atom. The summed E-state index contributed by atoms with van der Waals surface area (Å²) in [6.07, 6.45) is 55.1. The molecule has 0 spiro atoms. The maximum absolute atomic E-state index is 13.0. The van der Waals surface area contributed by atoms with Crippen molar-refractivity contribution < 1.29 is 80.2 Å². The molecule has 0 aliphatic heterocycles. The Kier molecular flexibility index (Phi) is 63.1. The smallest absolute Gasteiger partial charge is 0.462 e. The zero-order chi connectivity index (χ0) is 67.0. The number of rotatable bonds is 70. The Labute approximate surface area is 554 Å². The summed E-state index contributed by atoms with van der Waals surface area (Å²) in [6, 6.07) is 0. The summed E-state index contributed by atoms with van der Waals surface area (Å²) < 4.78 is 68.2. The average Bonchev–Trinajstić information content (AvgIpc) is 3.73. The molecule has 0 amide bonds. The Morgan fingerprint density at radius 1 is 0.341 bits per heavy atom. The molecule has 2 unspecified atom stereocenters. The van der Waals surface area contributed by atoms with Gasteiger partial charge in [0.2, 0.25) is 0 Å². The van der Waals surface area contributed by atoms with E-state index in [4.69, 9.17) is 37.0 Å². The lowest BCUT2D eigenvalue weighted by Crippen LogP contribution is -2.30. The Hall–Kier alpha value is -2.46. The molecule has 0 aromatic carbocycles. The van der Waals surface area contributed by atoms with Crippen LogP contribution in [-0.4, -0.2) is 96.7 Å². The highest BCUT2D eigenvalue weighted by atomic mass is 31.2. The number of unbranched alkanes of at least 4 members (excludes halogenated alkanes) is 39. The summed E-state index contributed by atoms with van der Waals surface area (Å²) in [4.78, 5) is 72.5. The molecule has 0 radical (unpaired) electrons. The van der Waals surface area contributed by atoms with Gasteiger partial charge in [-0.3, -0.25) is 37.3 Å².